The van der Waals surface area contributed by atoms with Crippen molar-refractivity contribution in [2.45, 2.75) is 6.92 Å². The van der Waals surface area contributed by atoms with Crippen LogP contribution in [-0.4, -0.2) is 18.5 Å². The molecule has 0 aliphatic heterocycles. The largest absolute Gasteiger partial charge is 0.462 e. The number of hydrogen-bond donors (Lipinski definition) is 1. The Bertz CT molecular complexity index is 1210. The van der Waals surface area contributed by atoms with E-state index in [1.807, 2.05) is 36.4 Å². The Morgan fingerprint density at radius 3 is 2.68 bits per heavy atom. The minimum Gasteiger partial charge on any atom is -0.462 e. The fourth-order valence-corrected chi connectivity index (χ4v) is 3.26. The summed E-state index contributed by atoms with van der Waals surface area (Å²) in [5.41, 5.74) is 1.24. The highest BCUT2D eigenvalue weighted by Gasteiger charge is 2.17. The number of nitrogens with one attached hydrogen (secondary N) is 1. The fraction of sp³-hybridized carbons (Fsp3) is 0.0909. The third kappa shape index (κ3) is 3.32. The average molecular weight is 394 g/mol. The van der Waals surface area contributed by atoms with Crippen molar-refractivity contribution in [3.63, 3.8) is 0 Å². The van der Waals surface area contributed by atoms with E-state index in [-0.39, 0.29) is 23.0 Å². The maximum absolute atomic E-state index is 12.7. The molecule has 4 aromatic rings. The van der Waals surface area contributed by atoms with Crippen LogP contribution in [0.2, 0.25) is 5.02 Å². The highest BCUT2D eigenvalue weighted by Crippen LogP contribution is 2.29. The quantitative estimate of drug-likeness (QED) is 0.453. The van der Waals surface area contributed by atoms with Gasteiger partial charge in [0.15, 0.2) is 5.76 Å². The molecule has 1 N–H and O–H groups in total. The van der Waals surface area contributed by atoms with Gasteiger partial charge >= 0.3 is 5.97 Å². The first-order chi connectivity index (χ1) is 13.6. The van der Waals surface area contributed by atoms with Crippen molar-refractivity contribution in [1.29, 1.82) is 0 Å². The van der Waals surface area contributed by atoms with Crippen LogP contribution in [0.4, 0.5) is 5.69 Å². The SMILES string of the molecule is CCOC(=O)c1cc(NC(=O)c2cc3c(ccc4ccccc43)o2)ccc1Cl. The fourth-order valence-electron chi connectivity index (χ4n) is 3.07. The van der Waals surface area contributed by atoms with Gasteiger partial charge in [0, 0.05) is 11.1 Å². The molecule has 0 aliphatic carbocycles. The number of esters is 1. The van der Waals surface area contributed by atoms with Gasteiger partial charge in [-0.1, -0.05) is 41.9 Å². The molecular formula is C22H16ClNO4. The van der Waals surface area contributed by atoms with E-state index in [9.17, 15) is 9.59 Å². The van der Waals surface area contributed by atoms with Crippen LogP contribution in [-0.2, 0) is 4.74 Å². The lowest BCUT2D eigenvalue weighted by Gasteiger charge is -2.08. The molecule has 0 aliphatic rings. The molecule has 1 aromatic heterocycles. The van der Waals surface area contributed by atoms with E-state index >= 15 is 0 Å². The number of furan rings is 1. The topological polar surface area (TPSA) is 68.5 Å². The first-order valence-corrected chi connectivity index (χ1v) is 9.14. The number of amides is 1. The molecule has 0 saturated carbocycles. The number of fused-ring (bicyclic) bond motifs is 3. The first kappa shape index (κ1) is 18.1. The van der Waals surface area contributed by atoms with E-state index in [0.717, 1.165) is 16.2 Å². The summed E-state index contributed by atoms with van der Waals surface area (Å²) in [6, 6.07) is 18.0. The first-order valence-electron chi connectivity index (χ1n) is 8.76. The molecule has 0 bridgehead atoms. The molecule has 28 heavy (non-hydrogen) atoms. The lowest BCUT2D eigenvalue weighted by atomic mass is 10.1. The number of anilines is 1. The van der Waals surface area contributed by atoms with E-state index in [2.05, 4.69) is 5.32 Å². The van der Waals surface area contributed by atoms with Crippen LogP contribution in [0.25, 0.3) is 21.7 Å². The lowest BCUT2D eigenvalue weighted by molar-refractivity contribution is 0.0526. The van der Waals surface area contributed by atoms with Gasteiger partial charge in [-0.15, -0.1) is 0 Å². The molecule has 0 radical (unpaired) electrons. The van der Waals surface area contributed by atoms with E-state index in [0.29, 0.717) is 11.3 Å². The summed E-state index contributed by atoms with van der Waals surface area (Å²) in [7, 11) is 0. The second-order valence-electron chi connectivity index (χ2n) is 6.18. The Morgan fingerprint density at radius 1 is 1.04 bits per heavy atom. The summed E-state index contributed by atoms with van der Waals surface area (Å²) in [5, 5.41) is 5.94. The summed E-state index contributed by atoms with van der Waals surface area (Å²) in [6.45, 7) is 1.95. The lowest BCUT2D eigenvalue weighted by Crippen LogP contribution is -2.12. The van der Waals surface area contributed by atoms with E-state index in [4.69, 9.17) is 20.8 Å². The Morgan fingerprint density at radius 2 is 1.86 bits per heavy atom. The molecule has 1 amide bonds. The van der Waals surface area contributed by atoms with Crippen molar-refractivity contribution in [3.8, 4) is 0 Å². The van der Waals surface area contributed by atoms with Crippen LogP contribution in [0.1, 0.15) is 27.8 Å². The zero-order valence-electron chi connectivity index (χ0n) is 15.0. The van der Waals surface area contributed by atoms with Gasteiger partial charge in [0.05, 0.1) is 17.2 Å². The highest BCUT2D eigenvalue weighted by atomic mass is 35.5. The Labute approximate surface area is 165 Å². The number of hydrogen-bond acceptors (Lipinski definition) is 4. The van der Waals surface area contributed by atoms with Gasteiger partial charge < -0.3 is 14.5 Å². The zero-order chi connectivity index (χ0) is 19.7. The minimum absolute atomic E-state index is 0.180. The molecule has 1 heterocycles. The van der Waals surface area contributed by atoms with E-state index in [1.165, 1.54) is 12.1 Å². The monoisotopic (exact) mass is 393 g/mol. The maximum atomic E-state index is 12.7. The van der Waals surface area contributed by atoms with E-state index < -0.39 is 11.9 Å². The minimum atomic E-state index is -0.543. The summed E-state index contributed by atoms with van der Waals surface area (Å²) >= 11 is 6.06. The second kappa shape index (κ2) is 7.37. The van der Waals surface area contributed by atoms with Gasteiger partial charge in [-0.25, -0.2) is 4.79 Å². The molecule has 0 saturated heterocycles. The van der Waals surface area contributed by atoms with Crippen molar-refractivity contribution >= 4 is 50.9 Å². The van der Waals surface area contributed by atoms with Crippen molar-refractivity contribution in [1.82, 2.24) is 0 Å². The second-order valence-corrected chi connectivity index (χ2v) is 6.59. The summed E-state index contributed by atoms with van der Waals surface area (Å²) in [6.07, 6.45) is 0. The van der Waals surface area contributed by atoms with Crippen LogP contribution in [0, 0.1) is 0 Å². The van der Waals surface area contributed by atoms with E-state index in [1.54, 1.807) is 19.1 Å². The molecule has 0 unspecified atom stereocenters. The van der Waals surface area contributed by atoms with Crippen LogP contribution < -0.4 is 5.32 Å². The third-order valence-corrected chi connectivity index (χ3v) is 4.70. The predicted molar refractivity (Wildman–Crippen MR) is 109 cm³/mol. The van der Waals surface area contributed by atoms with Crippen LogP contribution >= 0.6 is 11.6 Å². The Kier molecular flexibility index (Phi) is 4.75. The van der Waals surface area contributed by atoms with Crippen LogP contribution in [0.15, 0.2) is 65.1 Å². The van der Waals surface area contributed by atoms with Gasteiger partial charge in [-0.3, -0.25) is 4.79 Å². The summed E-state index contributed by atoms with van der Waals surface area (Å²) in [4.78, 5) is 24.6. The van der Waals surface area contributed by atoms with Gasteiger partial charge in [0.25, 0.3) is 5.91 Å². The molecule has 4 rings (SSSR count). The molecule has 0 atom stereocenters. The normalized spacial score (nSPS) is 10.9. The number of ether oxygens (including phenoxy) is 1. The molecular weight excluding hydrogens is 378 g/mol. The van der Waals surface area contributed by atoms with Crippen molar-refractivity contribution in [3.05, 3.63) is 77.0 Å². The standard InChI is InChI=1S/C22H16ClNO4/c1-2-27-22(26)17-11-14(8-9-18(17)23)24-21(25)20-12-16-15-6-4-3-5-13(15)7-10-19(16)28-20/h3-12H,2H2,1H3,(H,24,25). The highest BCUT2D eigenvalue weighted by molar-refractivity contribution is 6.33. The molecule has 0 fully saturated rings. The smallest absolute Gasteiger partial charge is 0.339 e. The van der Waals surface area contributed by atoms with Gasteiger partial charge in [0.1, 0.15) is 5.58 Å². The van der Waals surface area contributed by atoms with Crippen molar-refractivity contribution < 1.29 is 18.7 Å². The van der Waals surface area contributed by atoms with Gasteiger partial charge in [-0.05, 0) is 48.0 Å². The third-order valence-electron chi connectivity index (χ3n) is 4.37. The number of carbonyl (C=O) groups is 2. The van der Waals surface area contributed by atoms with Crippen LogP contribution in [0.3, 0.4) is 0 Å². The Balaban J connectivity index is 1.64. The average Bonchev–Trinajstić information content (AvgIpc) is 3.14. The van der Waals surface area contributed by atoms with Crippen molar-refractivity contribution in [2.24, 2.45) is 0 Å². The number of halogens is 1. The molecule has 6 heteroatoms. The zero-order valence-corrected chi connectivity index (χ0v) is 15.7. The maximum Gasteiger partial charge on any atom is 0.339 e. The number of benzene rings is 3. The van der Waals surface area contributed by atoms with Gasteiger partial charge in [-0.2, -0.15) is 0 Å². The molecule has 3 aromatic carbocycles. The molecule has 0 spiro atoms. The molecule has 140 valence electrons. The van der Waals surface area contributed by atoms with Crippen LogP contribution in [0.5, 0.6) is 0 Å². The predicted octanol–water partition coefficient (Wildman–Crippen LogP) is 5.67. The molecule has 5 nitrogen and oxygen atoms in total. The number of carbonyl (C=O) groups excluding carboxylic acids is 2. The summed E-state index contributed by atoms with van der Waals surface area (Å²) in [5.74, 6) is -0.782. The summed E-state index contributed by atoms with van der Waals surface area (Å²) < 4.78 is 10.7. The van der Waals surface area contributed by atoms with Gasteiger partial charge in [0.2, 0.25) is 0 Å². The van der Waals surface area contributed by atoms with Crippen molar-refractivity contribution in [2.75, 3.05) is 11.9 Å². The number of rotatable bonds is 4. The Hall–Kier alpha value is -3.31.